The zero-order chi connectivity index (χ0) is 14.1. The molecule has 0 fully saturated rings. The van der Waals surface area contributed by atoms with Crippen molar-refractivity contribution in [2.24, 2.45) is 0 Å². The number of phenols is 1. The largest absolute Gasteiger partial charge is 0.507 e. The van der Waals surface area contributed by atoms with Crippen LogP contribution in [0.25, 0.3) is 18.2 Å². The van der Waals surface area contributed by atoms with E-state index in [1.807, 2.05) is 18.2 Å². The van der Waals surface area contributed by atoms with Gasteiger partial charge in [-0.25, -0.2) is 0 Å². The molecule has 1 aromatic carbocycles. The van der Waals surface area contributed by atoms with E-state index in [4.69, 9.17) is 0 Å². The number of benzene rings is 1. The first-order valence-corrected chi connectivity index (χ1v) is 7.09. The quantitative estimate of drug-likeness (QED) is 0.696. The summed E-state index contributed by atoms with van der Waals surface area (Å²) in [4.78, 5) is 0. The molecule has 0 saturated carbocycles. The lowest BCUT2D eigenvalue weighted by atomic mass is 10.0. The number of rotatable bonds is 6. The van der Waals surface area contributed by atoms with Crippen LogP contribution in [0.3, 0.4) is 0 Å². The Hall–Kier alpha value is -1.76. The average Bonchev–Trinajstić information content (AvgIpc) is 2.42. The van der Waals surface area contributed by atoms with E-state index in [0.717, 1.165) is 36.0 Å². The molecule has 0 aliphatic carbocycles. The average molecular weight is 256 g/mol. The van der Waals surface area contributed by atoms with Crippen molar-refractivity contribution in [3.8, 4) is 5.75 Å². The monoisotopic (exact) mass is 256 g/mol. The molecule has 1 heteroatoms. The fourth-order valence-electron chi connectivity index (χ4n) is 1.80. The maximum atomic E-state index is 10.1. The lowest BCUT2D eigenvalue weighted by molar-refractivity contribution is 0.474. The molecule has 0 bridgehead atoms. The van der Waals surface area contributed by atoms with Crippen molar-refractivity contribution in [2.75, 3.05) is 0 Å². The summed E-state index contributed by atoms with van der Waals surface area (Å²) in [6.45, 7) is 6.32. The molecule has 1 nitrogen and oxygen atoms in total. The summed E-state index contributed by atoms with van der Waals surface area (Å²) >= 11 is 0. The Bertz CT molecular complexity index is 479. The highest BCUT2D eigenvalue weighted by molar-refractivity contribution is 5.72. The Labute approximate surface area is 117 Å². The SMILES string of the molecule is CC/C=C/c1cc(/C=C/CC)c(/C=C/CC)cc1O. The third kappa shape index (κ3) is 4.78. The molecule has 0 aliphatic heterocycles. The van der Waals surface area contributed by atoms with Crippen molar-refractivity contribution in [3.63, 3.8) is 0 Å². The van der Waals surface area contributed by atoms with E-state index in [1.165, 1.54) is 0 Å². The molecule has 0 amide bonds. The number of hydrogen-bond acceptors (Lipinski definition) is 1. The molecule has 0 aromatic heterocycles. The highest BCUT2D eigenvalue weighted by Gasteiger charge is 2.03. The van der Waals surface area contributed by atoms with Crippen LogP contribution >= 0.6 is 0 Å². The first kappa shape index (κ1) is 15.3. The molecule has 1 aromatic rings. The van der Waals surface area contributed by atoms with Gasteiger partial charge in [-0.3, -0.25) is 0 Å². The topological polar surface area (TPSA) is 20.2 Å². The van der Waals surface area contributed by atoms with E-state index in [-0.39, 0.29) is 0 Å². The summed E-state index contributed by atoms with van der Waals surface area (Å²) in [5.41, 5.74) is 3.10. The van der Waals surface area contributed by atoms with E-state index in [2.05, 4.69) is 51.2 Å². The van der Waals surface area contributed by atoms with Gasteiger partial charge in [0.25, 0.3) is 0 Å². The number of aromatic hydroxyl groups is 1. The van der Waals surface area contributed by atoms with Crippen LogP contribution in [0.2, 0.25) is 0 Å². The first-order valence-electron chi connectivity index (χ1n) is 7.09. The van der Waals surface area contributed by atoms with Crippen molar-refractivity contribution >= 4 is 18.2 Å². The molecule has 0 saturated heterocycles. The van der Waals surface area contributed by atoms with Crippen molar-refractivity contribution in [3.05, 3.63) is 47.1 Å². The normalized spacial score (nSPS) is 12.2. The third-order valence-corrected chi connectivity index (χ3v) is 2.83. The molecule has 1 rings (SSSR count). The zero-order valence-corrected chi connectivity index (χ0v) is 12.2. The molecule has 102 valence electrons. The van der Waals surface area contributed by atoms with Crippen LogP contribution in [-0.2, 0) is 0 Å². The standard InChI is InChI=1S/C18H24O/c1-4-7-10-15-13-17(12-9-6-3)18(19)14-16(15)11-8-5-2/h7-14,19H,4-6H2,1-3H3/b10-7+,11-8+,12-9+. The predicted octanol–water partition coefficient (Wildman–Crippen LogP) is 5.66. The Morgan fingerprint density at radius 2 is 1.16 bits per heavy atom. The van der Waals surface area contributed by atoms with Crippen molar-refractivity contribution in [2.45, 2.75) is 40.0 Å². The minimum Gasteiger partial charge on any atom is -0.507 e. The van der Waals surface area contributed by atoms with Gasteiger partial charge in [-0.1, -0.05) is 57.2 Å². The van der Waals surface area contributed by atoms with E-state index < -0.39 is 0 Å². The van der Waals surface area contributed by atoms with E-state index >= 15 is 0 Å². The smallest absolute Gasteiger partial charge is 0.123 e. The molecular formula is C18H24O. The second-order valence-corrected chi connectivity index (χ2v) is 4.47. The maximum absolute atomic E-state index is 10.1. The second kappa shape index (κ2) is 8.36. The van der Waals surface area contributed by atoms with E-state index in [1.54, 1.807) is 0 Å². The molecule has 0 radical (unpaired) electrons. The summed E-state index contributed by atoms with van der Waals surface area (Å²) in [5.74, 6) is 0.342. The molecule has 1 N–H and O–H groups in total. The van der Waals surface area contributed by atoms with Gasteiger partial charge < -0.3 is 5.11 Å². The van der Waals surface area contributed by atoms with Crippen LogP contribution in [0.15, 0.2) is 30.4 Å². The molecule has 0 spiro atoms. The minimum absolute atomic E-state index is 0.342. The van der Waals surface area contributed by atoms with Gasteiger partial charge in [0, 0.05) is 5.56 Å². The summed E-state index contributed by atoms with van der Waals surface area (Å²) in [6, 6.07) is 3.89. The van der Waals surface area contributed by atoms with Gasteiger partial charge in [0.05, 0.1) is 0 Å². The molecular weight excluding hydrogens is 232 g/mol. The predicted molar refractivity (Wildman–Crippen MR) is 86.1 cm³/mol. The van der Waals surface area contributed by atoms with E-state index in [0.29, 0.717) is 5.75 Å². The Kier molecular flexibility index (Phi) is 6.73. The van der Waals surface area contributed by atoms with Crippen molar-refractivity contribution in [1.82, 2.24) is 0 Å². The van der Waals surface area contributed by atoms with Crippen molar-refractivity contribution in [1.29, 1.82) is 0 Å². The van der Waals surface area contributed by atoms with Crippen LogP contribution in [-0.4, -0.2) is 5.11 Å². The minimum atomic E-state index is 0.342. The summed E-state index contributed by atoms with van der Waals surface area (Å²) < 4.78 is 0. The number of phenolic OH excluding ortho intramolecular Hbond substituents is 1. The van der Waals surface area contributed by atoms with Crippen LogP contribution in [0.4, 0.5) is 0 Å². The Morgan fingerprint density at radius 1 is 0.737 bits per heavy atom. The van der Waals surface area contributed by atoms with Crippen LogP contribution in [0.1, 0.15) is 56.7 Å². The van der Waals surface area contributed by atoms with Gasteiger partial charge >= 0.3 is 0 Å². The first-order chi connectivity index (χ1) is 9.22. The van der Waals surface area contributed by atoms with E-state index in [9.17, 15) is 5.11 Å². The second-order valence-electron chi connectivity index (χ2n) is 4.47. The molecule has 19 heavy (non-hydrogen) atoms. The van der Waals surface area contributed by atoms with Gasteiger partial charge in [-0.2, -0.15) is 0 Å². The maximum Gasteiger partial charge on any atom is 0.123 e. The number of allylic oxidation sites excluding steroid dienone is 3. The van der Waals surface area contributed by atoms with Gasteiger partial charge in [0.1, 0.15) is 5.75 Å². The highest BCUT2D eigenvalue weighted by atomic mass is 16.3. The third-order valence-electron chi connectivity index (χ3n) is 2.83. The summed E-state index contributed by atoms with van der Waals surface area (Å²) in [7, 11) is 0. The molecule has 0 unspecified atom stereocenters. The molecule has 0 heterocycles. The molecule has 0 atom stereocenters. The van der Waals surface area contributed by atoms with Gasteiger partial charge in [-0.05, 0) is 42.5 Å². The lowest BCUT2D eigenvalue weighted by Gasteiger charge is -2.06. The summed E-state index contributed by atoms with van der Waals surface area (Å²) in [5, 5.41) is 10.1. The zero-order valence-electron chi connectivity index (χ0n) is 12.2. The van der Waals surface area contributed by atoms with Crippen LogP contribution in [0, 0.1) is 0 Å². The van der Waals surface area contributed by atoms with Crippen LogP contribution < -0.4 is 0 Å². The van der Waals surface area contributed by atoms with Gasteiger partial charge in [-0.15, -0.1) is 0 Å². The Morgan fingerprint density at radius 3 is 1.63 bits per heavy atom. The highest BCUT2D eigenvalue weighted by Crippen LogP contribution is 2.26. The van der Waals surface area contributed by atoms with Crippen molar-refractivity contribution < 1.29 is 5.11 Å². The Balaban J connectivity index is 3.23. The lowest BCUT2D eigenvalue weighted by Crippen LogP contribution is -1.85. The fourth-order valence-corrected chi connectivity index (χ4v) is 1.80. The van der Waals surface area contributed by atoms with Gasteiger partial charge in [0.2, 0.25) is 0 Å². The fraction of sp³-hybridized carbons (Fsp3) is 0.333. The number of hydrogen-bond donors (Lipinski definition) is 1. The van der Waals surface area contributed by atoms with Gasteiger partial charge in [0.15, 0.2) is 0 Å². The van der Waals surface area contributed by atoms with Crippen LogP contribution in [0.5, 0.6) is 5.75 Å². The summed E-state index contributed by atoms with van der Waals surface area (Å²) in [6.07, 6.45) is 15.5. The molecule has 0 aliphatic rings.